The zero-order valence-electron chi connectivity index (χ0n) is 15.4. The number of likely N-dealkylation sites (tertiary alicyclic amines) is 1. The van der Waals surface area contributed by atoms with E-state index in [1.54, 1.807) is 12.4 Å². The van der Waals surface area contributed by atoms with E-state index < -0.39 is 0 Å². The zero-order valence-corrected chi connectivity index (χ0v) is 16.2. The molecule has 1 saturated heterocycles. The largest absolute Gasteiger partial charge is 0.368 e. The maximum atomic E-state index is 12.5. The van der Waals surface area contributed by atoms with Crippen LogP contribution in [0, 0.1) is 0 Å². The molecule has 8 heteroatoms. The molecule has 1 amide bonds. The van der Waals surface area contributed by atoms with Gasteiger partial charge in [0, 0.05) is 23.3 Å². The second-order valence-corrected chi connectivity index (χ2v) is 7.66. The second-order valence-electron chi connectivity index (χ2n) is 6.76. The van der Waals surface area contributed by atoms with E-state index in [2.05, 4.69) is 25.2 Å². The number of anilines is 2. The predicted molar refractivity (Wildman–Crippen MR) is 111 cm³/mol. The van der Waals surface area contributed by atoms with Crippen LogP contribution in [0.4, 0.5) is 11.1 Å². The molecule has 3 heterocycles. The summed E-state index contributed by atoms with van der Waals surface area (Å²) in [5.74, 6) is 0.192. The van der Waals surface area contributed by atoms with Crippen molar-refractivity contribution in [2.24, 2.45) is 0 Å². The number of carbonyl (C=O) groups excluding carboxylic acids is 1. The molecule has 3 N–H and O–H groups in total. The standard InChI is InChI=1S/C20H22N6OS/c21-19-23-12-15(14-6-2-1-3-7-14)18(25-19)16-8-4-5-10-26(16)13-17(27)24-20-22-9-11-28-20/h1-3,6-7,9,11-12,16H,4-5,8,10,13H2,(H2,21,23,25)(H,22,24,27)/t16-/m0/s1. The smallest absolute Gasteiger partial charge is 0.240 e. The lowest BCUT2D eigenvalue weighted by Gasteiger charge is -2.35. The lowest BCUT2D eigenvalue weighted by Crippen LogP contribution is -2.39. The summed E-state index contributed by atoms with van der Waals surface area (Å²) < 4.78 is 0. The van der Waals surface area contributed by atoms with Crippen molar-refractivity contribution < 1.29 is 4.79 Å². The van der Waals surface area contributed by atoms with Crippen molar-refractivity contribution in [2.75, 3.05) is 24.1 Å². The van der Waals surface area contributed by atoms with Gasteiger partial charge in [0.15, 0.2) is 5.13 Å². The van der Waals surface area contributed by atoms with E-state index in [0.29, 0.717) is 11.7 Å². The average molecular weight is 395 g/mol. The quantitative estimate of drug-likeness (QED) is 0.689. The zero-order chi connectivity index (χ0) is 19.3. The third kappa shape index (κ3) is 4.18. The minimum absolute atomic E-state index is 0.0244. The molecule has 0 unspecified atom stereocenters. The molecule has 1 aliphatic rings. The highest BCUT2D eigenvalue weighted by atomic mass is 32.1. The molecule has 0 radical (unpaired) electrons. The van der Waals surface area contributed by atoms with Crippen molar-refractivity contribution in [3.63, 3.8) is 0 Å². The minimum atomic E-state index is -0.0647. The Kier molecular flexibility index (Phi) is 5.59. The van der Waals surface area contributed by atoms with Crippen molar-refractivity contribution in [1.82, 2.24) is 19.9 Å². The van der Waals surface area contributed by atoms with E-state index in [4.69, 9.17) is 5.73 Å². The van der Waals surface area contributed by atoms with Gasteiger partial charge in [-0.2, -0.15) is 0 Å². The number of piperidine rings is 1. The molecule has 1 atom stereocenters. The number of rotatable bonds is 5. The fourth-order valence-corrected chi connectivity index (χ4v) is 4.17. The Bertz CT molecular complexity index is 931. The van der Waals surface area contributed by atoms with Crippen molar-refractivity contribution in [3.8, 4) is 11.1 Å². The number of aromatic nitrogens is 3. The molecule has 1 aliphatic heterocycles. The first-order valence-electron chi connectivity index (χ1n) is 9.32. The lowest BCUT2D eigenvalue weighted by atomic mass is 9.94. The van der Waals surface area contributed by atoms with E-state index in [-0.39, 0.29) is 17.9 Å². The summed E-state index contributed by atoms with van der Waals surface area (Å²) in [5.41, 5.74) is 8.83. The van der Waals surface area contributed by atoms with Crippen molar-refractivity contribution in [3.05, 3.63) is 53.8 Å². The number of carbonyl (C=O) groups is 1. The van der Waals surface area contributed by atoms with Crippen LogP contribution in [0.5, 0.6) is 0 Å². The fourth-order valence-electron chi connectivity index (χ4n) is 3.62. The Morgan fingerprint density at radius 2 is 2.11 bits per heavy atom. The lowest BCUT2D eigenvalue weighted by molar-refractivity contribution is -0.118. The Hall–Kier alpha value is -2.84. The van der Waals surface area contributed by atoms with Crippen LogP contribution in [-0.2, 0) is 4.79 Å². The molecule has 0 spiro atoms. The molecule has 2 aromatic heterocycles. The highest BCUT2D eigenvalue weighted by molar-refractivity contribution is 7.13. The first kappa shape index (κ1) is 18.5. The Labute approximate surface area is 167 Å². The van der Waals surface area contributed by atoms with Crippen LogP contribution in [0.15, 0.2) is 48.1 Å². The summed E-state index contributed by atoms with van der Waals surface area (Å²) >= 11 is 1.41. The summed E-state index contributed by atoms with van der Waals surface area (Å²) in [6.45, 7) is 1.14. The van der Waals surface area contributed by atoms with Gasteiger partial charge in [0.25, 0.3) is 0 Å². The third-order valence-electron chi connectivity index (χ3n) is 4.88. The molecule has 0 bridgehead atoms. The number of nitrogens with two attached hydrogens (primary N) is 1. The van der Waals surface area contributed by atoms with Gasteiger partial charge in [-0.1, -0.05) is 36.8 Å². The van der Waals surface area contributed by atoms with Crippen LogP contribution in [0.1, 0.15) is 31.0 Å². The second kappa shape index (κ2) is 8.45. The van der Waals surface area contributed by atoms with Crippen molar-refractivity contribution in [1.29, 1.82) is 0 Å². The molecule has 144 valence electrons. The molecule has 0 saturated carbocycles. The SMILES string of the molecule is Nc1ncc(-c2ccccc2)c([C@@H]2CCCCN2CC(=O)Nc2nccs2)n1. The number of hydrogen-bond acceptors (Lipinski definition) is 7. The Morgan fingerprint density at radius 3 is 2.89 bits per heavy atom. The normalized spacial score (nSPS) is 17.4. The molecule has 1 aromatic carbocycles. The minimum Gasteiger partial charge on any atom is -0.368 e. The number of benzene rings is 1. The molecule has 3 aromatic rings. The number of thiazole rings is 1. The van der Waals surface area contributed by atoms with Gasteiger partial charge in [0.1, 0.15) is 0 Å². The van der Waals surface area contributed by atoms with Crippen LogP contribution < -0.4 is 11.1 Å². The van der Waals surface area contributed by atoms with Gasteiger partial charge in [-0.25, -0.2) is 15.0 Å². The molecule has 1 fully saturated rings. The van der Waals surface area contributed by atoms with Crippen LogP contribution >= 0.6 is 11.3 Å². The van der Waals surface area contributed by atoms with Crippen LogP contribution in [0.25, 0.3) is 11.1 Å². The van der Waals surface area contributed by atoms with E-state index >= 15 is 0 Å². The highest BCUT2D eigenvalue weighted by Crippen LogP contribution is 2.35. The van der Waals surface area contributed by atoms with E-state index in [1.807, 2.05) is 35.7 Å². The van der Waals surface area contributed by atoms with Gasteiger partial charge >= 0.3 is 0 Å². The molecular weight excluding hydrogens is 372 g/mol. The van der Waals surface area contributed by atoms with Crippen LogP contribution in [0.2, 0.25) is 0 Å². The molecule has 28 heavy (non-hydrogen) atoms. The fraction of sp³-hybridized carbons (Fsp3) is 0.300. The van der Waals surface area contributed by atoms with E-state index in [9.17, 15) is 4.79 Å². The van der Waals surface area contributed by atoms with Gasteiger partial charge < -0.3 is 11.1 Å². The van der Waals surface area contributed by atoms with Gasteiger partial charge in [0.05, 0.1) is 18.3 Å². The number of nitrogen functional groups attached to an aromatic ring is 1. The van der Waals surface area contributed by atoms with Crippen LogP contribution in [-0.4, -0.2) is 38.8 Å². The predicted octanol–water partition coefficient (Wildman–Crippen LogP) is 3.35. The summed E-state index contributed by atoms with van der Waals surface area (Å²) in [7, 11) is 0. The maximum absolute atomic E-state index is 12.5. The summed E-state index contributed by atoms with van der Waals surface area (Å²) in [4.78, 5) is 27.6. The van der Waals surface area contributed by atoms with Crippen molar-refractivity contribution in [2.45, 2.75) is 25.3 Å². The third-order valence-corrected chi connectivity index (χ3v) is 5.56. The monoisotopic (exact) mass is 394 g/mol. The number of nitrogens with one attached hydrogen (secondary N) is 1. The Morgan fingerprint density at radius 1 is 1.25 bits per heavy atom. The van der Waals surface area contributed by atoms with E-state index in [1.165, 1.54) is 11.3 Å². The summed E-state index contributed by atoms with van der Waals surface area (Å²) in [6.07, 6.45) is 6.55. The van der Waals surface area contributed by atoms with E-state index in [0.717, 1.165) is 42.6 Å². The summed E-state index contributed by atoms with van der Waals surface area (Å²) in [6, 6.07) is 10.1. The topological polar surface area (TPSA) is 97.0 Å². The van der Waals surface area contributed by atoms with Gasteiger partial charge in [-0.05, 0) is 24.9 Å². The number of nitrogens with zero attached hydrogens (tertiary/aromatic N) is 4. The average Bonchev–Trinajstić information content (AvgIpc) is 3.22. The Balaban J connectivity index is 1.61. The summed E-state index contributed by atoms with van der Waals surface area (Å²) in [5, 5.41) is 5.33. The van der Waals surface area contributed by atoms with Gasteiger partial charge in [0.2, 0.25) is 11.9 Å². The van der Waals surface area contributed by atoms with Crippen molar-refractivity contribution >= 4 is 28.3 Å². The maximum Gasteiger partial charge on any atom is 0.240 e. The molecule has 4 rings (SSSR count). The first-order chi connectivity index (χ1) is 13.7. The van der Waals surface area contributed by atoms with Crippen LogP contribution in [0.3, 0.4) is 0 Å². The molecule has 0 aliphatic carbocycles. The molecular formula is C20H22N6OS. The highest BCUT2D eigenvalue weighted by Gasteiger charge is 2.29. The number of hydrogen-bond donors (Lipinski definition) is 2. The van der Waals surface area contributed by atoms with Gasteiger partial charge in [-0.3, -0.25) is 9.69 Å². The molecule has 7 nitrogen and oxygen atoms in total. The number of amides is 1. The van der Waals surface area contributed by atoms with Gasteiger partial charge in [-0.15, -0.1) is 11.3 Å². The first-order valence-corrected chi connectivity index (χ1v) is 10.2.